The Bertz CT molecular complexity index is 1100. The van der Waals surface area contributed by atoms with Gasteiger partial charge in [0.1, 0.15) is 11.4 Å². The van der Waals surface area contributed by atoms with Crippen molar-refractivity contribution < 1.29 is 22.7 Å². The van der Waals surface area contributed by atoms with Crippen molar-refractivity contribution in [3.63, 3.8) is 0 Å². The third-order valence-electron chi connectivity index (χ3n) is 5.74. The van der Waals surface area contributed by atoms with Gasteiger partial charge in [-0.3, -0.25) is 4.79 Å². The number of halogens is 3. The molecule has 1 amide bonds. The average molecular weight is 443 g/mol. The lowest BCUT2D eigenvalue weighted by molar-refractivity contribution is -0.140. The Labute approximate surface area is 184 Å². The maximum absolute atomic E-state index is 13.0. The fraction of sp³-hybridized carbons (Fsp3) is 0.333. The van der Waals surface area contributed by atoms with E-state index in [1.54, 1.807) is 43.5 Å². The third kappa shape index (κ3) is 4.95. The van der Waals surface area contributed by atoms with Gasteiger partial charge in [0.05, 0.1) is 12.6 Å². The van der Waals surface area contributed by atoms with Crippen molar-refractivity contribution in [1.29, 1.82) is 0 Å². The number of alkyl halides is 3. The van der Waals surface area contributed by atoms with Gasteiger partial charge in [0.25, 0.3) is 5.91 Å². The van der Waals surface area contributed by atoms with Crippen LogP contribution in [0.2, 0.25) is 0 Å². The first-order chi connectivity index (χ1) is 15.3. The number of nitrogens with one attached hydrogen (secondary N) is 2. The van der Waals surface area contributed by atoms with Crippen LogP contribution in [0.15, 0.2) is 54.6 Å². The Hall–Kier alpha value is -3.29. The topological polar surface area (TPSA) is 63.2 Å². The molecule has 1 aromatic heterocycles. The number of fused-ring (bicyclic) bond motifs is 1. The van der Waals surface area contributed by atoms with Gasteiger partial charge in [0.15, 0.2) is 0 Å². The van der Waals surface area contributed by atoms with Crippen LogP contribution in [0.25, 0.3) is 10.9 Å². The lowest BCUT2D eigenvalue weighted by Gasteiger charge is -2.31. The summed E-state index contributed by atoms with van der Waals surface area (Å²) < 4.78 is 44.1. The molecule has 1 heterocycles. The maximum atomic E-state index is 13.0. The predicted molar refractivity (Wildman–Crippen MR) is 117 cm³/mol. The van der Waals surface area contributed by atoms with Crippen LogP contribution in [0.1, 0.15) is 41.7 Å². The van der Waals surface area contributed by atoms with Gasteiger partial charge >= 0.3 is 6.18 Å². The van der Waals surface area contributed by atoms with Gasteiger partial charge in [-0.25, -0.2) is 4.98 Å². The van der Waals surface area contributed by atoms with Gasteiger partial charge in [0.2, 0.25) is 0 Å². The second-order valence-corrected chi connectivity index (χ2v) is 7.97. The molecule has 1 aliphatic carbocycles. The van der Waals surface area contributed by atoms with Crippen LogP contribution in [0, 0.1) is 0 Å². The van der Waals surface area contributed by atoms with E-state index < -0.39 is 11.9 Å². The summed E-state index contributed by atoms with van der Waals surface area (Å²) in [5.41, 5.74) is 0.712. The summed E-state index contributed by atoms with van der Waals surface area (Å²) in [4.78, 5) is 16.4. The Morgan fingerprint density at radius 2 is 1.78 bits per heavy atom. The Morgan fingerprint density at radius 3 is 2.50 bits per heavy atom. The number of methoxy groups -OCH3 is 1. The zero-order chi connectivity index (χ0) is 22.7. The van der Waals surface area contributed by atoms with Gasteiger partial charge in [-0.1, -0.05) is 6.07 Å². The number of carbonyl (C=O) groups excluding carboxylic acids is 1. The number of hydrogen-bond donors (Lipinski definition) is 2. The molecule has 5 nitrogen and oxygen atoms in total. The molecule has 0 saturated heterocycles. The summed E-state index contributed by atoms with van der Waals surface area (Å²) >= 11 is 0. The van der Waals surface area contributed by atoms with E-state index in [0.29, 0.717) is 22.2 Å². The molecule has 0 spiro atoms. The fourth-order valence-corrected chi connectivity index (χ4v) is 4.12. The molecule has 2 aromatic carbocycles. The van der Waals surface area contributed by atoms with E-state index in [0.717, 1.165) is 37.4 Å². The van der Waals surface area contributed by atoms with E-state index in [9.17, 15) is 18.0 Å². The van der Waals surface area contributed by atoms with Gasteiger partial charge in [-0.05, 0) is 74.2 Å². The number of anilines is 1. The molecule has 1 saturated carbocycles. The molecule has 1 fully saturated rings. The molecule has 168 valence electrons. The third-order valence-corrected chi connectivity index (χ3v) is 5.74. The number of amides is 1. The van der Waals surface area contributed by atoms with Crippen molar-refractivity contribution >= 4 is 22.5 Å². The highest BCUT2D eigenvalue weighted by atomic mass is 19.4. The number of carbonyl (C=O) groups is 1. The maximum Gasteiger partial charge on any atom is 0.433 e. The first-order valence-corrected chi connectivity index (χ1v) is 10.5. The first kappa shape index (κ1) is 21.9. The number of ether oxygens (including phenoxy) is 1. The summed E-state index contributed by atoms with van der Waals surface area (Å²) in [5.74, 6) is 0.558. The molecule has 4 rings (SSSR count). The number of nitrogens with zero attached hydrogens (tertiary/aromatic N) is 1. The first-order valence-electron chi connectivity index (χ1n) is 10.5. The molecular weight excluding hydrogens is 419 g/mol. The SMILES string of the molecule is COc1ccc(C(=O)N[C@@H]2CCC[C@H](Nc3cccc4nc(C(F)(F)F)ccc34)C2)cc1. The number of benzene rings is 2. The Kier molecular flexibility index (Phi) is 6.21. The highest BCUT2D eigenvalue weighted by Crippen LogP contribution is 2.32. The Balaban J connectivity index is 1.43. The van der Waals surface area contributed by atoms with Crippen molar-refractivity contribution in [2.75, 3.05) is 12.4 Å². The number of hydrogen-bond acceptors (Lipinski definition) is 4. The second kappa shape index (κ2) is 9.06. The largest absolute Gasteiger partial charge is 0.497 e. The minimum absolute atomic E-state index is 0.0146. The van der Waals surface area contributed by atoms with Crippen molar-refractivity contribution in [2.24, 2.45) is 0 Å². The molecule has 0 radical (unpaired) electrons. The van der Waals surface area contributed by atoms with Crippen LogP contribution in [0.4, 0.5) is 18.9 Å². The summed E-state index contributed by atoms with van der Waals surface area (Å²) in [6.45, 7) is 0. The highest BCUT2D eigenvalue weighted by molar-refractivity contribution is 5.94. The van der Waals surface area contributed by atoms with E-state index in [4.69, 9.17) is 4.74 Å². The van der Waals surface area contributed by atoms with E-state index in [1.165, 1.54) is 6.07 Å². The average Bonchev–Trinajstić information content (AvgIpc) is 2.78. The lowest BCUT2D eigenvalue weighted by atomic mass is 9.90. The van der Waals surface area contributed by atoms with Crippen LogP contribution in [0.3, 0.4) is 0 Å². The van der Waals surface area contributed by atoms with Crippen molar-refractivity contribution in [2.45, 2.75) is 43.9 Å². The number of rotatable bonds is 5. The van der Waals surface area contributed by atoms with Crippen molar-refractivity contribution in [3.05, 3.63) is 65.9 Å². The molecule has 1 aliphatic rings. The molecule has 0 unspecified atom stereocenters. The predicted octanol–water partition coefficient (Wildman–Crippen LogP) is 5.42. The van der Waals surface area contributed by atoms with E-state index in [1.807, 2.05) is 6.07 Å². The van der Waals surface area contributed by atoms with Gasteiger partial charge in [0, 0.05) is 28.7 Å². The fourth-order valence-electron chi connectivity index (χ4n) is 4.12. The summed E-state index contributed by atoms with van der Waals surface area (Å²) in [6.07, 6.45) is -1.01. The molecule has 32 heavy (non-hydrogen) atoms. The molecule has 2 N–H and O–H groups in total. The normalized spacial score (nSPS) is 18.9. The van der Waals surface area contributed by atoms with Crippen LogP contribution in [-0.4, -0.2) is 30.1 Å². The van der Waals surface area contributed by atoms with Crippen molar-refractivity contribution in [3.8, 4) is 5.75 Å². The molecule has 8 heteroatoms. The molecule has 2 atom stereocenters. The van der Waals surface area contributed by atoms with Crippen LogP contribution in [0.5, 0.6) is 5.75 Å². The van der Waals surface area contributed by atoms with Crippen molar-refractivity contribution in [1.82, 2.24) is 10.3 Å². The smallest absolute Gasteiger partial charge is 0.433 e. The molecule has 0 bridgehead atoms. The minimum atomic E-state index is -4.48. The second-order valence-electron chi connectivity index (χ2n) is 7.97. The summed E-state index contributed by atoms with van der Waals surface area (Å²) in [6, 6.07) is 14.6. The van der Waals surface area contributed by atoms with Gasteiger partial charge in [-0.2, -0.15) is 13.2 Å². The number of pyridine rings is 1. The van der Waals surface area contributed by atoms with Gasteiger partial charge in [-0.15, -0.1) is 0 Å². The lowest BCUT2D eigenvalue weighted by Crippen LogP contribution is -2.41. The molecule has 0 aliphatic heterocycles. The zero-order valence-corrected chi connectivity index (χ0v) is 17.6. The standard InChI is InChI=1S/C24H24F3N3O2/c1-32-18-10-8-15(9-11-18)23(31)29-17-5-2-4-16(14-17)28-20-6-3-7-21-19(20)12-13-22(30-21)24(25,26)27/h3,6-13,16-17,28H,2,4-5,14H2,1H3,(H,29,31)/t16-,17+/m0/s1. The monoisotopic (exact) mass is 443 g/mol. The zero-order valence-electron chi connectivity index (χ0n) is 17.6. The summed E-state index contributed by atoms with van der Waals surface area (Å²) in [7, 11) is 1.57. The molecule has 3 aromatic rings. The van der Waals surface area contributed by atoms with Gasteiger partial charge < -0.3 is 15.4 Å². The van der Waals surface area contributed by atoms with Crippen LogP contribution >= 0.6 is 0 Å². The minimum Gasteiger partial charge on any atom is -0.497 e. The van der Waals surface area contributed by atoms with E-state index in [2.05, 4.69) is 15.6 Å². The Morgan fingerprint density at radius 1 is 1.03 bits per heavy atom. The van der Waals surface area contributed by atoms with E-state index >= 15 is 0 Å². The van der Waals surface area contributed by atoms with Crippen LogP contribution < -0.4 is 15.4 Å². The molecular formula is C24H24F3N3O2. The quantitative estimate of drug-likeness (QED) is 0.553. The van der Waals surface area contributed by atoms with Crippen LogP contribution in [-0.2, 0) is 6.18 Å². The highest BCUT2D eigenvalue weighted by Gasteiger charge is 2.32. The summed E-state index contributed by atoms with van der Waals surface area (Å²) in [5, 5.41) is 7.19. The number of aromatic nitrogens is 1. The van der Waals surface area contributed by atoms with E-state index in [-0.39, 0.29) is 18.0 Å².